The third kappa shape index (κ3) is 3.42. The molecule has 1 atom stereocenters. The first-order valence-corrected chi connectivity index (χ1v) is 8.27. The number of benzene rings is 1. The van der Waals surface area contributed by atoms with Crippen LogP contribution in [0.4, 0.5) is 0 Å². The van der Waals surface area contributed by atoms with Crippen LogP contribution in [0.15, 0.2) is 24.3 Å². The maximum absolute atomic E-state index is 3.77. The van der Waals surface area contributed by atoms with Crippen LogP contribution in [0.3, 0.4) is 0 Å². The Balaban J connectivity index is 1.50. The molecule has 1 aromatic carbocycles. The second kappa shape index (κ2) is 6.28. The van der Waals surface area contributed by atoms with Gasteiger partial charge in [0.05, 0.1) is 0 Å². The fourth-order valence-electron chi connectivity index (χ4n) is 3.40. The zero-order valence-corrected chi connectivity index (χ0v) is 12.9. The molecular formula is C18H28N2. The van der Waals surface area contributed by atoms with Crippen molar-refractivity contribution in [1.82, 2.24) is 10.2 Å². The molecule has 1 heterocycles. The zero-order chi connectivity index (χ0) is 13.9. The second-order valence-corrected chi connectivity index (χ2v) is 6.69. The molecule has 20 heavy (non-hydrogen) atoms. The molecule has 1 aromatic rings. The summed E-state index contributed by atoms with van der Waals surface area (Å²) in [5.74, 6) is 0.999. The van der Waals surface area contributed by atoms with Crippen molar-refractivity contribution in [3.8, 4) is 0 Å². The van der Waals surface area contributed by atoms with E-state index in [9.17, 15) is 0 Å². The number of hydrogen-bond acceptors (Lipinski definition) is 2. The lowest BCUT2D eigenvalue weighted by Crippen LogP contribution is -2.43. The molecule has 3 rings (SSSR count). The van der Waals surface area contributed by atoms with E-state index in [0.717, 1.165) is 12.0 Å². The van der Waals surface area contributed by atoms with Crippen molar-refractivity contribution in [3.63, 3.8) is 0 Å². The third-order valence-corrected chi connectivity index (χ3v) is 5.11. The lowest BCUT2D eigenvalue weighted by molar-refractivity contribution is 0.152. The van der Waals surface area contributed by atoms with E-state index in [-0.39, 0.29) is 0 Å². The summed E-state index contributed by atoms with van der Waals surface area (Å²) in [4.78, 5) is 2.65. The summed E-state index contributed by atoms with van der Waals surface area (Å²) in [5.41, 5.74) is 2.92. The average molecular weight is 272 g/mol. The van der Waals surface area contributed by atoms with Gasteiger partial charge in [0.1, 0.15) is 0 Å². The molecule has 2 heteroatoms. The van der Waals surface area contributed by atoms with E-state index in [4.69, 9.17) is 0 Å². The molecule has 2 nitrogen and oxygen atoms in total. The Kier molecular flexibility index (Phi) is 4.42. The highest BCUT2D eigenvalue weighted by Gasteiger charge is 2.26. The van der Waals surface area contributed by atoms with Gasteiger partial charge in [-0.2, -0.15) is 0 Å². The summed E-state index contributed by atoms with van der Waals surface area (Å²) in [6.45, 7) is 8.32. The monoisotopic (exact) mass is 272 g/mol. The predicted molar refractivity (Wildman–Crippen MR) is 84.9 cm³/mol. The van der Waals surface area contributed by atoms with Gasteiger partial charge in [-0.25, -0.2) is 0 Å². The van der Waals surface area contributed by atoms with Gasteiger partial charge in [-0.3, -0.25) is 4.90 Å². The number of likely N-dealkylation sites (tertiary alicyclic amines) is 1. The second-order valence-electron chi connectivity index (χ2n) is 6.69. The van der Waals surface area contributed by atoms with Gasteiger partial charge in [0.2, 0.25) is 0 Å². The number of aryl methyl sites for hydroxylation is 1. The van der Waals surface area contributed by atoms with Crippen LogP contribution in [-0.4, -0.2) is 30.6 Å². The Morgan fingerprint density at radius 1 is 1.15 bits per heavy atom. The number of nitrogens with zero attached hydrogens (tertiary/aromatic N) is 1. The lowest BCUT2D eigenvalue weighted by atomic mass is 9.97. The van der Waals surface area contributed by atoms with Gasteiger partial charge >= 0.3 is 0 Å². The molecule has 2 aliphatic rings. The number of nitrogens with one attached hydrogen (secondary N) is 1. The molecule has 1 aliphatic carbocycles. The van der Waals surface area contributed by atoms with Crippen LogP contribution in [-0.2, 0) is 0 Å². The van der Waals surface area contributed by atoms with Crippen molar-refractivity contribution in [2.45, 2.75) is 51.6 Å². The highest BCUT2D eigenvalue weighted by molar-refractivity contribution is 5.28. The first kappa shape index (κ1) is 14.1. The van der Waals surface area contributed by atoms with Gasteiger partial charge in [0, 0.05) is 25.2 Å². The van der Waals surface area contributed by atoms with E-state index in [1.54, 1.807) is 0 Å². The molecule has 0 bridgehead atoms. The van der Waals surface area contributed by atoms with Crippen molar-refractivity contribution < 1.29 is 0 Å². The van der Waals surface area contributed by atoms with Crippen LogP contribution in [0, 0.1) is 12.8 Å². The predicted octanol–water partition coefficient (Wildman–Crippen LogP) is 3.52. The fraction of sp³-hybridized carbons (Fsp3) is 0.667. The highest BCUT2D eigenvalue weighted by Crippen LogP contribution is 2.29. The van der Waals surface area contributed by atoms with Crippen molar-refractivity contribution in [2.24, 2.45) is 5.92 Å². The smallest absolute Gasteiger partial charge is 0.0322 e. The first-order valence-electron chi connectivity index (χ1n) is 8.27. The molecule has 0 aromatic heterocycles. The maximum atomic E-state index is 3.77. The summed E-state index contributed by atoms with van der Waals surface area (Å²) in [6.07, 6.45) is 5.53. The van der Waals surface area contributed by atoms with Gasteiger partial charge in [-0.1, -0.05) is 24.3 Å². The zero-order valence-electron chi connectivity index (χ0n) is 12.9. The van der Waals surface area contributed by atoms with Crippen LogP contribution >= 0.6 is 0 Å². The van der Waals surface area contributed by atoms with Crippen LogP contribution in [0.1, 0.15) is 49.8 Å². The molecule has 0 amide bonds. The van der Waals surface area contributed by atoms with Crippen molar-refractivity contribution in [2.75, 3.05) is 19.6 Å². The first-order chi connectivity index (χ1) is 9.74. The van der Waals surface area contributed by atoms with Crippen LogP contribution in [0.2, 0.25) is 0 Å². The largest absolute Gasteiger partial charge is 0.314 e. The van der Waals surface area contributed by atoms with Gasteiger partial charge in [0.15, 0.2) is 0 Å². The summed E-state index contributed by atoms with van der Waals surface area (Å²) in [6, 6.07) is 10.1. The number of piperidine rings is 1. The SMILES string of the molecule is Cc1ccccc1C(C)N1CCC(NCC2CC2)CC1. The van der Waals surface area contributed by atoms with E-state index >= 15 is 0 Å². The lowest BCUT2D eigenvalue weighted by Gasteiger charge is -2.37. The topological polar surface area (TPSA) is 15.3 Å². The Labute approximate surface area is 123 Å². The Morgan fingerprint density at radius 2 is 1.85 bits per heavy atom. The Morgan fingerprint density at radius 3 is 2.50 bits per heavy atom. The number of hydrogen-bond donors (Lipinski definition) is 1. The fourth-order valence-corrected chi connectivity index (χ4v) is 3.40. The minimum atomic E-state index is 0.556. The van der Waals surface area contributed by atoms with Gasteiger partial charge < -0.3 is 5.32 Å². The van der Waals surface area contributed by atoms with Crippen LogP contribution in [0.5, 0.6) is 0 Å². The minimum Gasteiger partial charge on any atom is -0.314 e. The molecule has 0 spiro atoms. The minimum absolute atomic E-state index is 0.556. The van der Waals surface area contributed by atoms with Gasteiger partial charge in [-0.05, 0) is 63.1 Å². The summed E-state index contributed by atoms with van der Waals surface area (Å²) < 4.78 is 0. The van der Waals surface area contributed by atoms with Gasteiger partial charge in [0.25, 0.3) is 0 Å². The number of rotatable bonds is 5. The molecular weight excluding hydrogens is 244 g/mol. The average Bonchev–Trinajstić information content (AvgIpc) is 3.30. The molecule has 0 radical (unpaired) electrons. The van der Waals surface area contributed by atoms with Crippen LogP contribution in [0.25, 0.3) is 0 Å². The third-order valence-electron chi connectivity index (χ3n) is 5.11. The van der Waals surface area contributed by atoms with Crippen molar-refractivity contribution in [1.29, 1.82) is 0 Å². The van der Waals surface area contributed by atoms with E-state index in [1.807, 2.05) is 0 Å². The molecule has 1 saturated heterocycles. The van der Waals surface area contributed by atoms with Crippen molar-refractivity contribution in [3.05, 3.63) is 35.4 Å². The van der Waals surface area contributed by atoms with Crippen LogP contribution < -0.4 is 5.32 Å². The standard InChI is InChI=1S/C18H28N2/c1-14-5-3-4-6-18(14)15(2)20-11-9-17(10-12-20)19-13-16-7-8-16/h3-6,15-17,19H,7-13H2,1-2H3. The quantitative estimate of drug-likeness (QED) is 0.882. The molecule has 1 aliphatic heterocycles. The van der Waals surface area contributed by atoms with E-state index in [2.05, 4.69) is 48.3 Å². The van der Waals surface area contributed by atoms with E-state index < -0.39 is 0 Å². The maximum Gasteiger partial charge on any atom is 0.0322 e. The summed E-state index contributed by atoms with van der Waals surface area (Å²) in [5, 5.41) is 3.77. The Hall–Kier alpha value is -0.860. The molecule has 1 saturated carbocycles. The molecule has 1 N–H and O–H groups in total. The van der Waals surface area contributed by atoms with Crippen molar-refractivity contribution >= 4 is 0 Å². The molecule has 110 valence electrons. The van der Waals surface area contributed by atoms with E-state index in [0.29, 0.717) is 6.04 Å². The van der Waals surface area contributed by atoms with E-state index in [1.165, 1.54) is 56.4 Å². The Bertz CT molecular complexity index is 431. The molecule has 1 unspecified atom stereocenters. The van der Waals surface area contributed by atoms with Gasteiger partial charge in [-0.15, -0.1) is 0 Å². The summed E-state index contributed by atoms with van der Waals surface area (Å²) in [7, 11) is 0. The highest BCUT2D eigenvalue weighted by atomic mass is 15.2. The molecule has 2 fully saturated rings. The summed E-state index contributed by atoms with van der Waals surface area (Å²) >= 11 is 0. The normalized spacial score (nSPS) is 22.9.